The van der Waals surface area contributed by atoms with E-state index in [9.17, 15) is 0 Å². The summed E-state index contributed by atoms with van der Waals surface area (Å²) >= 11 is 0. The highest BCUT2D eigenvalue weighted by molar-refractivity contribution is 5.88. The van der Waals surface area contributed by atoms with Crippen LogP contribution < -0.4 is 15.8 Å². The van der Waals surface area contributed by atoms with Crippen molar-refractivity contribution in [1.29, 1.82) is 0 Å². The zero-order valence-corrected chi connectivity index (χ0v) is 14.3. The van der Waals surface area contributed by atoms with E-state index in [1.807, 2.05) is 24.3 Å². The van der Waals surface area contributed by atoms with Crippen molar-refractivity contribution >= 4 is 16.7 Å². The number of ether oxygens (including phenoxy) is 1. The molecule has 3 N–H and O–H groups in total. The van der Waals surface area contributed by atoms with E-state index in [1.54, 1.807) is 0 Å². The van der Waals surface area contributed by atoms with Crippen molar-refractivity contribution in [3.05, 3.63) is 59.4 Å². The summed E-state index contributed by atoms with van der Waals surface area (Å²) in [5.41, 5.74) is 9.12. The third-order valence-electron chi connectivity index (χ3n) is 4.44. The average Bonchev–Trinajstić information content (AvgIpc) is 2.99. The van der Waals surface area contributed by atoms with Crippen molar-refractivity contribution in [1.82, 2.24) is 9.97 Å². The lowest BCUT2D eigenvalue weighted by Gasteiger charge is -2.11. The summed E-state index contributed by atoms with van der Waals surface area (Å²) in [6, 6.07) is 14.4. The van der Waals surface area contributed by atoms with Gasteiger partial charge in [0.1, 0.15) is 23.5 Å². The van der Waals surface area contributed by atoms with Crippen LogP contribution in [0.2, 0.25) is 0 Å². The van der Waals surface area contributed by atoms with E-state index in [0.717, 1.165) is 34.7 Å². The quantitative estimate of drug-likeness (QED) is 0.750. The summed E-state index contributed by atoms with van der Waals surface area (Å²) in [5.74, 6) is 2.65. The molecule has 1 atom stereocenters. The van der Waals surface area contributed by atoms with Crippen LogP contribution >= 0.6 is 0 Å². The van der Waals surface area contributed by atoms with Crippen LogP contribution in [-0.2, 0) is 19.4 Å². The van der Waals surface area contributed by atoms with Gasteiger partial charge in [0.15, 0.2) is 0 Å². The Morgan fingerprint density at radius 1 is 1.20 bits per heavy atom. The third kappa shape index (κ3) is 3.28. The second-order valence-electron chi connectivity index (χ2n) is 6.47. The van der Waals surface area contributed by atoms with Crippen molar-refractivity contribution < 1.29 is 4.74 Å². The molecule has 0 saturated carbocycles. The van der Waals surface area contributed by atoms with Gasteiger partial charge in [-0.1, -0.05) is 24.3 Å². The van der Waals surface area contributed by atoms with Crippen LogP contribution in [0.1, 0.15) is 23.9 Å². The lowest BCUT2D eigenvalue weighted by Crippen LogP contribution is -2.10. The van der Waals surface area contributed by atoms with Crippen LogP contribution in [0.15, 0.2) is 42.5 Å². The monoisotopic (exact) mass is 334 g/mol. The maximum Gasteiger partial charge on any atom is 0.137 e. The lowest BCUT2D eigenvalue weighted by molar-refractivity contribution is 0.254. The van der Waals surface area contributed by atoms with Gasteiger partial charge in [-0.2, -0.15) is 0 Å². The molecular weight excluding hydrogens is 312 g/mol. The molecule has 128 valence electrons. The van der Waals surface area contributed by atoms with E-state index in [2.05, 4.69) is 40.4 Å². The number of hydrogen-bond donors (Lipinski definition) is 2. The number of rotatable bonds is 5. The van der Waals surface area contributed by atoms with E-state index in [1.165, 1.54) is 11.1 Å². The number of anilines is 1. The van der Waals surface area contributed by atoms with Crippen molar-refractivity contribution in [3.8, 4) is 5.75 Å². The maximum absolute atomic E-state index is 5.77. The molecule has 5 nitrogen and oxygen atoms in total. The summed E-state index contributed by atoms with van der Waals surface area (Å²) in [6.07, 6.45) is 1.91. The van der Waals surface area contributed by atoms with Crippen molar-refractivity contribution in [3.63, 3.8) is 0 Å². The van der Waals surface area contributed by atoms with E-state index in [-0.39, 0.29) is 6.10 Å². The van der Waals surface area contributed by atoms with Crippen LogP contribution in [0.25, 0.3) is 10.9 Å². The van der Waals surface area contributed by atoms with E-state index >= 15 is 0 Å². The largest absolute Gasteiger partial charge is 0.490 e. The van der Waals surface area contributed by atoms with Crippen molar-refractivity contribution in [2.75, 3.05) is 11.9 Å². The molecule has 1 aliphatic rings. The summed E-state index contributed by atoms with van der Waals surface area (Å²) < 4.78 is 5.77. The van der Waals surface area contributed by atoms with Crippen molar-refractivity contribution in [2.45, 2.75) is 32.4 Å². The number of aromatic nitrogens is 2. The predicted octanol–water partition coefficient (Wildman–Crippen LogP) is 3.07. The van der Waals surface area contributed by atoms with E-state index in [4.69, 9.17) is 10.5 Å². The van der Waals surface area contributed by atoms with Crippen LogP contribution in [-0.4, -0.2) is 22.6 Å². The number of para-hydroxylation sites is 1. The topological polar surface area (TPSA) is 73.1 Å². The summed E-state index contributed by atoms with van der Waals surface area (Å²) in [7, 11) is 0. The van der Waals surface area contributed by atoms with Gasteiger partial charge in [-0.25, -0.2) is 9.97 Å². The minimum Gasteiger partial charge on any atom is -0.490 e. The zero-order valence-electron chi connectivity index (χ0n) is 14.3. The Balaban J connectivity index is 1.59. The number of nitrogens with zero attached hydrogens (tertiary/aromatic N) is 2. The Labute approximate surface area is 147 Å². The molecule has 0 radical (unpaired) electrons. The fourth-order valence-electron chi connectivity index (χ4n) is 3.27. The molecule has 0 bridgehead atoms. The molecule has 0 saturated heterocycles. The molecule has 2 heterocycles. The van der Waals surface area contributed by atoms with Crippen LogP contribution in [0.4, 0.5) is 5.82 Å². The Hall–Kier alpha value is -2.66. The maximum atomic E-state index is 5.77. The smallest absolute Gasteiger partial charge is 0.137 e. The fourth-order valence-corrected chi connectivity index (χ4v) is 3.27. The second kappa shape index (κ2) is 6.69. The highest BCUT2D eigenvalue weighted by Gasteiger charge is 2.18. The van der Waals surface area contributed by atoms with Gasteiger partial charge < -0.3 is 15.8 Å². The van der Waals surface area contributed by atoms with Crippen LogP contribution in [0.3, 0.4) is 0 Å². The van der Waals surface area contributed by atoms with Gasteiger partial charge >= 0.3 is 0 Å². The second-order valence-corrected chi connectivity index (χ2v) is 6.47. The Morgan fingerprint density at radius 3 is 2.96 bits per heavy atom. The van der Waals surface area contributed by atoms with Gasteiger partial charge in [0.25, 0.3) is 0 Å². The molecule has 2 aromatic carbocycles. The van der Waals surface area contributed by atoms with E-state index in [0.29, 0.717) is 19.5 Å². The average molecular weight is 334 g/mol. The number of nitrogens with two attached hydrogens (primary N) is 1. The first-order chi connectivity index (χ1) is 12.2. The molecule has 4 rings (SSSR count). The van der Waals surface area contributed by atoms with Gasteiger partial charge in [-0.05, 0) is 42.8 Å². The Kier molecular flexibility index (Phi) is 4.24. The minimum atomic E-state index is 0.267. The Bertz CT molecular complexity index is 909. The molecule has 0 amide bonds. The normalized spacial score (nSPS) is 15.8. The molecule has 0 fully saturated rings. The number of fused-ring (bicyclic) bond motifs is 2. The predicted molar refractivity (Wildman–Crippen MR) is 99.9 cm³/mol. The summed E-state index contributed by atoms with van der Waals surface area (Å²) in [4.78, 5) is 9.25. The van der Waals surface area contributed by atoms with Crippen LogP contribution in [0.5, 0.6) is 5.75 Å². The van der Waals surface area contributed by atoms with Gasteiger partial charge in [0.05, 0.1) is 5.52 Å². The molecule has 25 heavy (non-hydrogen) atoms. The first-order valence-electron chi connectivity index (χ1n) is 8.71. The van der Waals surface area contributed by atoms with Gasteiger partial charge in [0, 0.05) is 24.8 Å². The first-order valence-corrected chi connectivity index (χ1v) is 8.71. The molecule has 1 aliphatic heterocycles. The highest BCUT2D eigenvalue weighted by Crippen LogP contribution is 2.29. The molecule has 3 aromatic rings. The Morgan fingerprint density at radius 2 is 2.08 bits per heavy atom. The van der Waals surface area contributed by atoms with Gasteiger partial charge in [-0.15, -0.1) is 0 Å². The molecule has 5 heteroatoms. The highest BCUT2D eigenvalue weighted by atomic mass is 16.5. The zero-order chi connectivity index (χ0) is 17.2. The summed E-state index contributed by atoms with van der Waals surface area (Å²) in [6.45, 7) is 3.36. The van der Waals surface area contributed by atoms with Gasteiger partial charge in [0.2, 0.25) is 0 Å². The lowest BCUT2D eigenvalue weighted by atomic mass is 10.1. The molecular formula is C20H22N4O. The molecule has 1 aromatic heterocycles. The molecule has 0 aliphatic carbocycles. The first kappa shape index (κ1) is 15.8. The number of hydrogen-bond acceptors (Lipinski definition) is 5. The number of nitrogens with one attached hydrogen (secondary N) is 1. The fraction of sp³-hybridized carbons (Fsp3) is 0.300. The molecule has 0 spiro atoms. The van der Waals surface area contributed by atoms with Crippen LogP contribution in [0, 0.1) is 0 Å². The standard InChI is InChI=1S/C20H22N4O/c1-13-10-15-11-14(6-7-18(15)25-13)12-22-20-16-4-2-3-5-17(16)23-19(24-20)8-9-21/h2-7,11,13H,8-10,12,21H2,1H3,(H,22,23,24). The van der Waals surface area contributed by atoms with E-state index < -0.39 is 0 Å². The summed E-state index contributed by atoms with van der Waals surface area (Å²) in [5, 5.41) is 4.50. The van der Waals surface area contributed by atoms with Gasteiger partial charge in [-0.3, -0.25) is 0 Å². The molecule has 1 unspecified atom stereocenters. The number of benzene rings is 2. The SMILES string of the molecule is CC1Cc2cc(CNc3nc(CCN)nc4ccccc34)ccc2O1. The third-order valence-corrected chi connectivity index (χ3v) is 4.44. The van der Waals surface area contributed by atoms with Crippen molar-refractivity contribution in [2.24, 2.45) is 5.73 Å². The minimum absolute atomic E-state index is 0.267.